The van der Waals surface area contributed by atoms with E-state index in [0.717, 1.165) is 38.5 Å². The van der Waals surface area contributed by atoms with Crippen molar-refractivity contribution in [2.45, 2.75) is 83.8 Å². The van der Waals surface area contributed by atoms with E-state index in [4.69, 9.17) is 4.18 Å². The molecule has 0 bridgehead atoms. The fourth-order valence-electron chi connectivity index (χ4n) is 7.59. The van der Waals surface area contributed by atoms with Gasteiger partial charge in [0.1, 0.15) is 0 Å². The largest absolute Gasteiger partial charge is 0.398 e. The van der Waals surface area contributed by atoms with Gasteiger partial charge in [-0.15, -0.1) is 0 Å². The molecule has 4 rings (SSSR count). The monoisotopic (exact) mass is 451 g/mol. The van der Waals surface area contributed by atoms with E-state index in [9.17, 15) is 22.9 Å². The first-order valence-corrected chi connectivity index (χ1v) is 11.9. The molecule has 7 atom stereocenters. The van der Waals surface area contributed by atoms with Gasteiger partial charge in [-0.05, 0) is 81.5 Å². The van der Waals surface area contributed by atoms with Crippen LogP contribution in [0.5, 0.6) is 0 Å². The van der Waals surface area contributed by atoms with Crippen LogP contribution in [0.3, 0.4) is 0 Å². The van der Waals surface area contributed by atoms with Gasteiger partial charge in [0.25, 0.3) is 0 Å². The number of allylic oxidation sites excluding steroid dienone is 1. The Bertz CT molecular complexity index is 825. The van der Waals surface area contributed by atoms with Crippen molar-refractivity contribution in [3.8, 4) is 0 Å². The van der Waals surface area contributed by atoms with Gasteiger partial charge in [-0.1, -0.05) is 25.5 Å². The minimum atomic E-state index is -4.73. The van der Waals surface area contributed by atoms with Gasteiger partial charge in [0.15, 0.2) is 11.4 Å². The number of ketones is 1. The summed E-state index contributed by atoms with van der Waals surface area (Å²) in [6, 6.07) is 0. The van der Waals surface area contributed by atoms with Crippen LogP contribution in [-0.4, -0.2) is 86.9 Å². The second kappa shape index (κ2) is 8.03. The Morgan fingerprint density at radius 2 is 1.79 bits per heavy atom. The molecule has 0 aliphatic heterocycles. The zero-order valence-electron chi connectivity index (χ0n) is 18.0. The molecule has 0 saturated heterocycles. The van der Waals surface area contributed by atoms with Crippen LogP contribution in [0.4, 0.5) is 0 Å². The molecule has 3 fully saturated rings. The molecule has 159 valence electrons. The Kier molecular flexibility index (Phi) is 6.79. The molecule has 0 aromatic rings. The summed E-state index contributed by atoms with van der Waals surface area (Å²) in [5.41, 5.74) is -0.620. The van der Waals surface area contributed by atoms with Gasteiger partial charge in [-0.25, -0.2) is 4.18 Å². The van der Waals surface area contributed by atoms with Crippen LogP contribution in [0.15, 0.2) is 11.6 Å². The second-order valence-electron chi connectivity index (χ2n) is 10.0. The Labute approximate surface area is 216 Å². The maximum absolute atomic E-state index is 12.7. The van der Waals surface area contributed by atoms with E-state index in [2.05, 4.69) is 13.0 Å². The van der Waals surface area contributed by atoms with Gasteiger partial charge in [0.05, 0.1) is 6.10 Å². The average Bonchev–Trinajstić information content (AvgIpc) is 2.88. The number of carbonyl (C=O) groups is 1. The molecule has 8 heteroatoms. The third-order valence-corrected chi connectivity index (χ3v) is 9.51. The summed E-state index contributed by atoms with van der Waals surface area (Å²) < 4.78 is 37.8. The maximum Gasteiger partial charge on any atom is 0.398 e. The molecule has 4 aliphatic rings. The van der Waals surface area contributed by atoms with Gasteiger partial charge in [-0.2, -0.15) is 8.42 Å². The first-order valence-electron chi connectivity index (χ1n) is 10.5. The van der Waals surface area contributed by atoms with Gasteiger partial charge in [0, 0.05) is 56.8 Å². The molecule has 1 radical (unpaired) electrons. The summed E-state index contributed by atoms with van der Waals surface area (Å²) in [5, 5.41) is 10.1. The van der Waals surface area contributed by atoms with Crippen LogP contribution in [-0.2, 0) is 19.4 Å². The van der Waals surface area contributed by atoms with E-state index in [0.29, 0.717) is 24.7 Å². The number of Topliss-reactive ketones (excluding diaryl/α,β-unsaturated/α-hetero) is 1. The molecule has 2 N–H and O–H groups in total. The Morgan fingerprint density at radius 1 is 1.14 bits per heavy atom. The first-order chi connectivity index (χ1) is 12.9. The molecule has 0 heterocycles. The molecule has 29 heavy (non-hydrogen) atoms. The summed E-state index contributed by atoms with van der Waals surface area (Å²) in [6.07, 6.45) is 8.19. The minimum Gasteiger partial charge on any atom is -0.393 e. The predicted molar refractivity (Wildman–Crippen MR) is 110 cm³/mol. The van der Waals surface area contributed by atoms with E-state index in [1.165, 1.54) is 12.5 Å². The van der Waals surface area contributed by atoms with Crippen LogP contribution < -0.4 is 0 Å². The number of fused-ring (bicyclic) bond motifs is 5. The van der Waals surface area contributed by atoms with Crippen molar-refractivity contribution in [1.82, 2.24) is 0 Å². The third-order valence-electron chi connectivity index (χ3n) is 9.01. The van der Waals surface area contributed by atoms with Crippen molar-refractivity contribution in [2.75, 3.05) is 0 Å². The van der Waals surface area contributed by atoms with Crippen molar-refractivity contribution in [3.05, 3.63) is 11.6 Å². The van der Waals surface area contributed by atoms with Crippen LogP contribution in [0, 0.1) is 28.6 Å². The van der Waals surface area contributed by atoms with Crippen molar-refractivity contribution in [2.24, 2.45) is 28.6 Å². The van der Waals surface area contributed by atoms with Crippen LogP contribution in [0.1, 0.15) is 72.1 Å². The zero-order valence-corrected chi connectivity index (χ0v) is 21.9. The van der Waals surface area contributed by atoms with Crippen molar-refractivity contribution >= 4 is 67.6 Å². The summed E-state index contributed by atoms with van der Waals surface area (Å²) in [6.45, 7) is 5.69. The number of aliphatic hydroxyl groups excluding tert-OH is 1. The number of hydrogen-bond acceptors (Lipinski definition) is 5. The Hall–Kier alpha value is 0.876. The van der Waals surface area contributed by atoms with Crippen molar-refractivity contribution < 1.29 is 27.1 Å². The zero-order chi connectivity index (χ0) is 20.5. The number of aliphatic hydroxyl groups is 1. The summed E-state index contributed by atoms with van der Waals surface area (Å²) in [4.78, 5) is 12.7. The van der Waals surface area contributed by atoms with Crippen molar-refractivity contribution in [3.63, 3.8) is 0 Å². The Balaban J connectivity index is 0.00000240. The van der Waals surface area contributed by atoms with Gasteiger partial charge in [-0.3, -0.25) is 9.35 Å². The molecule has 4 aliphatic carbocycles. The summed E-state index contributed by atoms with van der Waals surface area (Å²) in [5.74, 6) is 0.714. The molecule has 0 aromatic heterocycles. The number of hydrogen-bond donors (Lipinski definition) is 2. The van der Waals surface area contributed by atoms with E-state index in [-0.39, 0.29) is 74.6 Å². The normalized spacial score (nSPS) is 46.6. The molecular formula is C21H32KO6S. The van der Waals surface area contributed by atoms with Crippen molar-refractivity contribution in [1.29, 1.82) is 0 Å². The second-order valence-corrected chi connectivity index (χ2v) is 11.1. The van der Waals surface area contributed by atoms with Crippen LogP contribution in [0.25, 0.3) is 0 Å². The van der Waals surface area contributed by atoms with E-state index >= 15 is 0 Å². The summed E-state index contributed by atoms with van der Waals surface area (Å²) in [7, 11) is -4.73. The van der Waals surface area contributed by atoms with Gasteiger partial charge in [0.2, 0.25) is 0 Å². The first kappa shape index (κ1) is 24.5. The summed E-state index contributed by atoms with van der Waals surface area (Å²) >= 11 is 0. The molecule has 0 aromatic carbocycles. The average molecular weight is 452 g/mol. The Morgan fingerprint density at radius 3 is 2.41 bits per heavy atom. The fourth-order valence-corrected chi connectivity index (χ4v) is 8.34. The number of rotatable bonds is 3. The molecular weight excluding hydrogens is 419 g/mol. The third kappa shape index (κ3) is 3.72. The molecule has 0 amide bonds. The predicted octanol–water partition coefficient (Wildman–Crippen LogP) is 3.08. The molecule has 6 nitrogen and oxygen atoms in total. The molecule has 0 unspecified atom stereocenters. The maximum atomic E-state index is 12.7. The van der Waals surface area contributed by atoms with E-state index < -0.39 is 21.4 Å². The molecule has 3 saturated carbocycles. The fraction of sp³-hybridized carbons (Fsp3) is 0.857. The SMILES string of the molecule is CC(=O)[C@@]1(OS(=O)(=O)O)CC[C@H]2[C@@H]3CC=C4C[C@@H](O)CC[C@]4(C)[C@H]3CC[C@@]21C.[K]. The van der Waals surface area contributed by atoms with E-state index in [1.807, 2.05) is 6.92 Å². The van der Waals surface area contributed by atoms with Gasteiger partial charge < -0.3 is 5.11 Å². The number of carbonyl (C=O) groups excluding carboxylic acids is 1. The smallest absolute Gasteiger partial charge is 0.393 e. The van der Waals surface area contributed by atoms with Crippen LogP contribution in [0.2, 0.25) is 0 Å². The van der Waals surface area contributed by atoms with E-state index in [1.54, 1.807) is 0 Å². The quantitative estimate of drug-likeness (QED) is 0.388. The molecule has 0 spiro atoms. The van der Waals surface area contributed by atoms with Crippen LogP contribution >= 0.6 is 0 Å². The minimum absolute atomic E-state index is 0. The van der Waals surface area contributed by atoms with Gasteiger partial charge >= 0.3 is 10.4 Å². The standard InChI is InChI=1S/C21H32O6S.K/c1-13(22)21(27-28(24,25)26)11-8-18-16-5-4-14-12-15(23)6-9-19(14,2)17(16)7-10-20(18,21)3;/h4,15-18,23H,5-12H2,1-3H3,(H,24,25,26);/t15-,16+,17-,18-,19-,20-,21-;/m0./s1. The topological polar surface area (TPSA) is 101 Å².